The maximum absolute atomic E-state index is 13.4. The summed E-state index contributed by atoms with van der Waals surface area (Å²) in [7, 11) is 0. The SMILES string of the molecule is O=C1C=CC(=O)C(c2c3nc(c(C4=CC(=O)C=CC4=O)c4ccc([nH]4)c(C4=CC(=O)C=CC4=O)c4nc(c(C5=CC(=O)C=CC5=O)c5ccc2[nH]5)C=C4)C=C3)=C1. The van der Waals surface area contributed by atoms with Gasteiger partial charge in [0.05, 0.1) is 22.8 Å². The molecule has 4 aliphatic carbocycles. The van der Waals surface area contributed by atoms with E-state index in [4.69, 9.17) is 9.97 Å². The van der Waals surface area contributed by atoms with Gasteiger partial charge in [0.2, 0.25) is 0 Å². The average Bonchev–Trinajstić information content (AvgIpc) is 4.01. The smallest absolute Gasteiger partial charge is 0.186 e. The Balaban J connectivity index is 1.49. The molecule has 8 bridgehead atoms. The number of H-pyrrole nitrogens is 2. The third-order valence-electron chi connectivity index (χ3n) is 9.64. The topological polar surface area (TPSA) is 194 Å². The van der Waals surface area contributed by atoms with Crippen LogP contribution in [-0.4, -0.2) is 66.2 Å². The lowest BCUT2D eigenvalue weighted by Crippen LogP contribution is -2.09. The molecule has 9 rings (SSSR count). The molecule has 0 spiro atoms. The molecular formula is C44H22N4O8. The Morgan fingerprint density at radius 3 is 0.768 bits per heavy atom. The standard InChI is InChI=1S/C44H22N4O8/c49-21-1-13-37(53)25(17-21)41-29-5-7-31(45-29)42(26-18-22(50)2-14-38(26)54)33-9-11-35(47-33)44(28-20-24(52)4-16-40(28)56)36-12-10-34(48-36)43(32-8-6-30(41)46-32)27-19-23(51)3-15-39(27)55/h1-20,45,48H. The van der Waals surface area contributed by atoms with Crippen molar-refractivity contribution in [3.8, 4) is 0 Å². The minimum Gasteiger partial charge on any atom is -0.354 e. The highest BCUT2D eigenvalue weighted by atomic mass is 16.2. The molecule has 0 amide bonds. The van der Waals surface area contributed by atoms with Crippen molar-refractivity contribution >= 4 is 115 Å². The van der Waals surface area contributed by atoms with Gasteiger partial charge in [0.15, 0.2) is 46.3 Å². The van der Waals surface area contributed by atoms with Crippen LogP contribution in [0.4, 0.5) is 0 Å². The van der Waals surface area contributed by atoms with E-state index in [1.54, 1.807) is 48.6 Å². The Morgan fingerprint density at radius 1 is 0.304 bits per heavy atom. The Labute approximate surface area is 314 Å². The number of rotatable bonds is 4. The van der Waals surface area contributed by atoms with Crippen molar-refractivity contribution in [2.75, 3.05) is 0 Å². The van der Waals surface area contributed by atoms with Crippen LogP contribution in [0.2, 0.25) is 0 Å². The lowest BCUT2D eigenvalue weighted by molar-refractivity contribution is -0.113. The second kappa shape index (κ2) is 12.8. The predicted octanol–water partition coefficient (Wildman–Crippen LogP) is 5.02. The van der Waals surface area contributed by atoms with E-state index in [-0.39, 0.29) is 67.3 Å². The van der Waals surface area contributed by atoms with Crippen LogP contribution in [0.15, 0.2) is 97.2 Å². The zero-order chi connectivity index (χ0) is 38.8. The third kappa shape index (κ3) is 5.65. The molecule has 0 saturated carbocycles. The number of hydrogen-bond acceptors (Lipinski definition) is 10. The third-order valence-corrected chi connectivity index (χ3v) is 9.64. The van der Waals surface area contributed by atoms with Gasteiger partial charge >= 0.3 is 0 Å². The normalized spacial score (nSPS) is 17.6. The summed E-state index contributed by atoms with van der Waals surface area (Å²) in [4.78, 5) is 121. The molecule has 0 unspecified atom stereocenters. The average molecular weight is 735 g/mol. The van der Waals surface area contributed by atoms with Gasteiger partial charge in [-0.1, -0.05) is 0 Å². The molecule has 2 N–H and O–H groups in total. The van der Waals surface area contributed by atoms with Crippen molar-refractivity contribution in [2.24, 2.45) is 0 Å². The van der Waals surface area contributed by atoms with E-state index in [0.717, 1.165) is 48.6 Å². The molecule has 5 heterocycles. The minimum atomic E-state index is -0.482. The molecule has 3 aromatic rings. The summed E-state index contributed by atoms with van der Waals surface area (Å²) in [5.74, 6) is -3.68. The van der Waals surface area contributed by atoms with Crippen molar-refractivity contribution in [3.05, 3.63) is 142 Å². The largest absolute Gasteiger partial charge is 0.354 e. The van der Waals surface area contributed by atoms with Gasteiger partial charge in [-0.3, -0.25) is 38.4 Å². The first-order valence-corrected chi connectivity index (χ1v) is 17.1. The van der Waals surface area contributed by atoms with Crippen LogP contribution in [0.3, 0.4) is 0 Å². The Kier molecular flexibility index (Phi) is 7.69. The zero-order valence-electron chi connectivity index (χ0n) is 28.7. The minimum absolute atomic E-state index is 0.0149. The van der Waals surface area contributed by atoms with Crippen LogP contribution in [-0.2, 0) is 38.4 Å². The second-order valence-corrected chi connectivity index (χ2v) is 13.1. The molecule has 266 valence electrons. The number of nitrogens with one attached hydrogen (secondary N) is 2. The molecule has 3 aromatic heterocycles. The number of aromatic amines is 2. The lowest BCUT2D eigenvalue weighted by atomic mass is 9.95. The molecule has 0 aromatic carbocycles. The van der Waals surface area contributed by atoms with E-state index in [1.807, 2.05) is 0 Å². The van der Waals surface area contributed by atoms with Crippen molar-refractivity contribution in [3.63, 3.8) is 0 Å². The predicted molar refractivity (Wildman–Crippen MR) is 207 cm³/mol. The van der Waals surface area contributed by atoms with Crippen LogP contribution < -0.4 is 0 Å². The van der Waals surface area contributed by atoms with Crippen molar-refractivity contribution in [2.45, 2.75) is 0 Å². The van der Waals surface area contributed by atoms with E-state index >= 15 is 0 Å². The quantitative estimate of drug-likeness (QED) is 0.237. The van der Waals surface area contributed by atoms with Gasteiger partial charge in [-0.15, -0.1) is 0 Å². The van der Waals surface area contributed by atoms with Gasteiger partial charge in [-0.25, -0.2) is 9.97 Å². The maximum atomic E-state index is 13.4. The first kappa shape index (κ1) is 33.7. The molecule has 56 heavy (non-hydrogen) atoms. The highest BCUT2D eigenvalue weighted by molar-refractivity contribution is 6.38. The molecular weight excluding hydrogens is 713 g/mol. The molecule has 0 atom stereocenters. The van der Waals surface area contributed by atoms with Crippen molar-refractivity contribution in [1.29, 1.82) is 0 Å². The van der Waals surface area contributed by atoms with Crippen LogP contribution >= 0.6 is 0 Å². The molecule has 0 fully saturated rings. The van der Waals surface area contributed by atoms with Gasteiger partial charge in [-0.05, 0) is 121 Å². The summed E-state index contributed by atoms with van der Waals surface area (Å²) < 4.78 is 0. The first-order valence-electron chi connectivity index (χ1n) is 17.1. The second-order valence-electron chi connectivity index (χ2n) is 13.1. The fourth-order valence-corrected chi connectivity index (χ4v) is 7.16. The van der Waals surface area contributed by atoms with E-state index in [1.165, 1.54) is 24.3 Å². The van der Waals surface area contributed by atoms with Gasteiger partial charge in [0.25, 0.3) is 0 Å². The molecule has 6 aliphatic rings. The fraction of sp³-hybridized carbons (Fsp3) is 0. The number of nitrogens with zero attached hydrogens (tertiary/aromatic N) is 2. The Bertz CT molecular complexity index is 2650. The number of allylic oxidation sites excluding steroid dienone is 16. The van der Waals surface area contributed by atoms with E-state index in [0.29, 0.717) is 22.1 Å². The van der Waals surface area contributed by atoms with Gasteiger partial charge in [-0.2, -0.15) is 0 Å². The summed E-state index contributed by atoms with van der Waals surface area (Å²) in [6.45, 7) is 0. The molecule has 12 nitrogen and oxygen atoms in total. The van der Waals surface area contributed by atoms with E-state index < -0.39 is 46.3 Å². The number of ketones is 8. The molecule has 0 radical (unpaired) electrons. The number of fused-ring (bicyclic) bond motifs is 8. The number of hydrogen-bond donors (Lipinski definition) is 2. The number of carbonyl (C=O) groups is 8. The summed E-state index contributed by atoms with van der Waals surface area (Å²) in [5.41, 5.74) is 3.02. The zero-order valence-corrected chi connectivity index (χ0v) is 28.7. The van der Waals surface area contributed by atoms with Gasteiger partial charge < -0.3 is 9.97 Å². The van der Waals surface area contributed by atoms with Crippen LogP contribution in [0.1, 0.15) is 45.0 Å². The van der Waals surface area contributed by atoms with Crippen LogP contribution in [0.5, 0.6) is 0 Å². The van der Waals surface area contributed by atoms with E-state index in [9.17, 15) is 38.4 Å². The van der Waals surface area contributed by atoms with Crippen LogP contribution in [0.25, 0.3) is 68.7 Å². The summed E-state index contributed by atoms with van der Waals surface area (Å²) in [6.07, 6.45) is 20.4. The summed E-state index contributed by atoms with van der Waals surface area (Å²) in [6, 6.07) is 6.51. The maximum Gasteiger partial charge on any atom is 0.186 e. The summed E-state index contributed by atoms with van der Waals surface area (Å²) >= 11 is 0. The van der Waals surface area contributed by atoms with Gasteiger partial charge in [0.1, 0.15) is 0 Å². The fourth-order valence-electron chi connectivity index (χ4n) is 7.16. The monoisotopic (exact) mass is 734 g/mol. The molecule has 0 saturated heterocycles. The number of aromatic nitrogens is 4. The molecule has 12 heteroatoms. The Hall–Kier alpha value is -8.12. The lowest BCUT2D eigenvalue weighted by Gasteiger charge is -2.11. The molecule has 2 aliphatic heterocycles. The highest BCUT2D eigenvalue weighted by Gasteiger charge is 2.28. The van der Waals surface area contributed by atoms with E-state index in [2.05, 4.69) is 9.97 Å². The first-order chi connectivity index (χ1) is 27.0. The van der Waals surface area contributed by atoms with Gasteiger partial charge in [0, 0.05) is 66.6 Å². The van der Waals surface area contributed by atoms with Crippen LogP contribution in [0, 0.1) is 0 Å². The highest BCUT2D eigenvalue weighted by Crippen LogP contribution is 2.37. The Morgan fingerprint density at radius 2 is 0.536 bits per heavy atom. The van der Waals surface area contributed by atoms with Crippen molar-refractivity contribution < 1.29 is 38.4 Å². The van der Waals surface area contributed by atoms with Crippen molar-refractivity contribution in [1.82, 2.24) is 19.9 Å². The summed E-state index contributed by atoms with van der Waals surface area (Å²) in [5, 5.41) is 0. The number of carbonyl (C=O) groups excluding carboxylic acids is 8.